The lowest BCUT2D eigenvalue weighted by Crippen LogP contribution is -2.40. The fraction of sp³-hybridized carbons (Fsp3) is 0.900. The molecular formula is C10H19NO3S. The van der Waals surface area contributed by atoms with Gasteiger partial charge in [0, 0.05) is 20.7 Å². The molecular weight excluding hydrogens is 214 g/mol. The van der Waals surface area contributed by atoms with E-state index in [1.165, 1.54) is 7.11 Å². The van der Waals surface area contributed by atoms with Gasteiger partial charge in [-0.25, -0.2) is 0 Å². The quantitative estimate of drug-likeness (QED) is 0.744. The number of thioether (sulfide) groups is 1. The molecule has 0 aromatic heterocycles. The highest BCUT2D eigenvalue weighted by molar-refractivity contribution is 8.00. The number of carbonyl (C=O) groups excluding carboxylic acids is 1. The first-order chi connectivity index (χ1) is 7.15. The van der Waals surface area contributed by atoms with Crippen molar-refractivity contribution in [1.82, 2.24) is 4.90 Å². The molecule has 4 nitrogen and oxygen atoms in total. The zero-order valence-corrected chi connectivity index (χ0v) is 10.1. The lowest BCUT2D eigenvalue weighted by Gasteiger charge is -2.23. The zero-order chi connectivity index (χ0) is 11.3. The van der Waals surface area contributed by atoms with Gasteiger partial charge in [-0.3, -0.25) is 4.79 Å². The molecule has 1 fully saturated rings. The molecule has 2 unspecified atom stereocenters. The highest BCUT2D eigenvalue weighted by Crippen LogP contribution is 2.27. The van der Waals surface area contributed by atoms with E-state index in [-0.39, 0.29) is 17.8 Å². The molecule has 1 rings (SSSR count). The Hall–Kier alpha value is -0.260. The van der Waals surface area contributed by atoms with Crippen molar-refractivity contribution in [3.8, 4) is 0 Å². The molecule has 0 aliphatic carbocycles. The van der Waals surface area contributed by atoms with Gasteiger partial charge in [-0.15, -0.1) is 11.8 Å². The van der Waals surface area contributed by atoms with E-state index in [0.717, 1.165) is 18.6 Å². The summed E-state index contributed by atoms with van der Waals surface area (Å²) in [6, 6.07) is 0. The van der Waals surface area contributed by atoms with Crippen LogP contribution in [-0.2, 0) is 9.53 Å². The third-order valence-corrected chi connectivity index (χ3v) is 3.79. The van der Waals surface area contributed by atoms with E-state index in [1.807, 2.05) is 0 Å². The summed E-state index contributed by atoms with van der Waals surface area (Å²) in [5, 5.41) is 9.59. The molecule has 0 aromatic carbocycles. The maximum Gasteiger partial charge on any atom is 0.235 e. The van der Waals surface area contributed by atoms with Gasteiger partial charge in [0.05, 0.1) is 18.0 Å². The lowest BCUT2D eigenvalue weighted by atomic mass is 10.2. The lowest BCUT2D eigenvalue weighted by molar-refractivity contribution is -0.131. The first-order valence-electron chi connectivity index (χ1n) is 5.18. The molecule has 1 saturated heterocycles. The molecule has 1 aliphatic heterocycles. The van der Waals surface area contributed by atoms with Crippen LogP contribution in [0.3, 0.4) is 0 Å². The van der Waals surface area contributed by atoms with Crippen molar-refractivity contribution in [2.45, 2.75) is 24.2 Å². The van der Waals surface area contributed by atoms with Gasteiger partial charge in [-0.05, 0) is 18.6 Å². The van der Waals surface area contributed by atoms with Crippen LogP contribution in [0.2, 0.25) is 0 Å². The summed E-state index contributed by atoms with van der Waals surface area (Å²) in [7, 11) is 3.28. The molecule has 1 aliphatic rings. The summed E-state index contributed by atoms with van der Waals surface area (Å²) < 4.78 is 4.82. The predicted octanol–water partition coefficient (Wildman–Crippen LogP) is 0.348. The number of nitrogens with zero attached hydrogens (tertiary/aromatic N) is 1. The number of ether oxygens (including phenoxy) is 1. The normalized spacial score (nSPS) is 22.7. The number of aliphatic hydroxyl groups excluding tert-OH is 1. The molecule has 0 aromatic rings. The van der Waals surface area contributed by atoms with E-state index in [9.17, 15) is 9.90 Å². The molecule has 1 amide bonds. The van der Waals surface area contributed by atoms with Crippen LogP contribution in [-0.4, -0.2) is 60.3 Å². The summed E-state index contributed by atoms with van der Waals surface area (Å²) in [4.78, 5) is 13.4. The Labute approximate surface area is 95.0 Å². The maximum atomic E-state index is 11.8. The van der Waals surface area contributed by atoms with Crippen molar-refractivity contribution in [3.63, 3.8) is 0 Å². The molecule has 5 heteroatoms. The minimum atomic E-state index is -0.588. The summed E-state index contributed by atoms with van der Waals surface area (Å²) in [6.07, 6.45) is 1.50. The number of amides is 1. The Morgan fingerprint density at radius 2 is 2.47 bits per heavy atom. The minimum absolute atomic E-state index is 0.102. The van der Waals surface area contributed by atoms with Crippen molar-refractivity contribution in [2.75, 3.05) is 33.1 Å². The first-order valence-corrected chi connectivity index (χ1v) is 6.23. The third kappa shape index (κ3) is 4.01. The molecule has 0 saturated carbocycles. The van der Waals surface area contributed by atoms with Crippen LogP contribution in [0.4, 0.5) is 0 Å². The van der Waals surface area contributed by atoms with Crippen molar-refractivity contribution in [3.05, 3.63) is 0 Å². The first kappa shape index (κ1) is 12.8. The van der Waals surface area contributed by atoms with Crippen LogP contribution in [0.1, 0.15) is 12.8 Å². The van der Waals surface area contributed by atoms with Crippen LogP contribution in [0.15, 0.2) is 0 Å². The monoisotopic (exact) mass is 233 g/mol. The minimum Gasteiger partial charge on any atom is -0.389 e. The SMILES string of the molecule is COCC(O)CN(C)C(=O)C1CCCS1. The second-order valence-corrected chi connectivity index (χ2v) is 5.14. The number of aliphatic hydroxyl groups is 1. The summed E-state index contributed by atoms with van der Waals surface area (Å²) in [5.41, 5.74) is 0. The van der Waals surface area contributed by atoms with Crippen LogP contribution in [0.5, 0.6) is 0 Å². The number of likely N-dealkylation sites (N-methyl/N-ethyl adjacent to an activating group) is 1. The average molecular weight is 233 g/mol. The average Bonchev–Trinajstić information content (AvgIpc) is 2.69. The number of carbonyl (C=O) groups is 1. The van der Waals surface area contributed by atoms with Crippen LogP contribution >= 0.6 is 11.8 Å². The predicted molar refractivity (Wildman–Crippen MR) is 61.0 cm³/mol. The molecule has 0 radical (unpaired) electrons. The maximum absolute atomic E-state index is 11.8. The van der Waals surface area contributed by atoms with E-state index in [1.54, 1.807) is 23.7 Å². The number of hydrogen-bond acceptors (Lipinski definition) is 4. The topological polar surface area (TPSA) is 49.8 Å². The summed E-state index contributed by atoms with van der Waals surface area (Å²) in [6.45, 7) is 0.624. The summed E-state index contributed by atoms with van der Waals surface area (Å²) in [5.74, 6) is 1.21. The van der Waals surface area contributed by atoms with Gasteiger partial charge in [-0.2, -0.15) is 0 Å². The van der Waals surface area contributed by atoms with E-state index in [4.69, 9.17) is 4.74 Å². The fourth-order valence-corrected chi connectivity index (χ4v) is 2.94. The molecule has 0 bridgehead atoms. The molecule has 0 spiro atoms. The van der Waals surface area contributed by atoms with E-state index in [0.29, 0.717) is 6.54 Å². The second-order valence-electron chi connectivity index (χ2n) is 3.83. The molecule has 15 heavy (non-hydrogen) atoms. The van der Waals surface area contributed by atoms with Gasteiger partial charge in [0.25, 0.3) is 0 Å². The number of methoxy groups -OCH3 is 1. The third-order valence-electron chi connectivity index (χ3n) is 2.43. The molecule has 2 atom stereocenters. The number of hydrogen-bond donors (Lipinski definition) is 1. The zero-order valence-electron chi connectivity index (χ0n) is 9.31. The van der Waals surface area contributed by atoms with Crippen molar-refractivity contribution < 1.29 is 14.6 Å². The van der Waals surface area contributed by atoms with Crippen LogP contribution in [0.25, 0.3) is 0 Å². The Bertz CT molecular complexity index is 207. The Kier molecular flexibility index (Phi) is 5.42. The fourth-order valence-electron chi connectivity index (χ4n) is 1.67. The largest absolute Gasteiger partial charge is 0.389 e. The highest BCUT2D eigenvalue weighted by atomic mass is 32.2. The van der Waals surface area contributed by atoms with Crippen molar-refractivity contribution in [2.24, 2.45) is 0 Å². The van der Waals surface area contributed by atoms with E-state index in [2.05, 4.69) is 0 Å². The van der Waals surface area contributed by atoms with Crippen molar-refractivity contribution in [1.29, 1.82) is 0 Å². The van der Waals surface area contributed by atoms with Gasteiger partial charge >= 0.3 is 0 Å². The molecule has 88 valence electrons. The van der Waals surface area contributed by atoms with E-state index < -0.39 is 6.10 Å². The summed E-state index contributed by atoms with van der Waals surface area (Å²) >= 11 is 1.72. The van der Waals surface area contributed by atoms with Crippen LogP contribution < -0.4 is 0 Å². The smallest absolute Gasteiger partial charge is 0.235 e. The standard InChI is InChI=1S/C10H19NO3S/c1-11(6-8(12)7-14-2)10(13)9-4-3-5-15-9/h8-9,12H,3-7H2,1-2H3. The van der Waals surface area contributed by atoms with Crippen LogP contribution in [0, 0.1) is 0 Å². The van der Waals surface area contributed by atoms with Gasteiger partial charge < -0.3 is 14.7 Å². The second kappa shape index (κ2) is 6.35. The Morgan fingerprint density at radius 3 is 3.00 bits per heavy atom. The van der Waals surface area contributed by atoms with Gasteiger partial charge in [0.2, 0.25) is 5.91 Å². The van der Waals surface area contributed by atoms with E-state index >= 15 is 0 Å². The Morgan fingerprint density at radius 1 is 1.73 bits per heavy atom. The highest BCUT2D eigenvalue weighted by Gasteiger charge is 2.26. The van der Waals surface area contributed by atoms with Gasteiger partial charge in [0.15, 0.2) is 0 Å². The van der Waals surface area contributed by atoms with Gasteiger partial charge in [0.1, 0.15) is 0 Å². The molecule has 1 heterocycles. The molecule has 1 N–H and O–H groups in total. The number of rotatable bonds is 5. The van der Waals surface area contributed by atoms with Crippen molar-refractivity contribution >= 4 is 17.7 Å². The van der Waals surface area contributed by atoms with Gasteiger partial charge in [-0.1, -0.05) is 0 Å². The Balaban J connectivity index is 2.31.